The second-order valence-electron chi connectivity index (χ2n) is 6.51. The molecular weight excluding hydrogens is 352 g/mol. The predicted octanol–water partition coefficient (Wildman–Crippen LogP) is 4.82. The molecule has 5 heteroatoms. The number of hydrogen-bond acceptors (Lipinski definition) is 3. The zero-order chi connectivity index (χ0) is 20.1. The van der Waals surface area contributed by atoms with E-state index in [1.54, 1.807) is 43.5 Å². The molecule has 0 spiro atoms. The van der Waals surface area contributed by atoms with Crippen molar-refractivity contribution in [1.29, 1.82) is 0 Å². The minimum absolute atomic E-state index is 0.263. The molecule has 0 saturated carbocycles. The van der Waals surface area contributed by atoms with Gasteiger partial charge in [0.1, 0.15) is 5.75 Å². The third-order valence-electron chi connectivity index (χ3n) is 4.38. The van der Waals surface area contributed by atoms with E-state index in [0.29, 0.717) is 22.6 Å². The number of rotatable bonds is 5. The Balaban J connectivity index is 1.78. The van der Waals surface area contributed by atoms with Crippen LogP contribution in [0.3, 0.4) is 0 Å². The van der Waals surface area contributed by atoms with Gasteiger partial charge in [-0.1, -0.05) is 30.3 Å². The Labute approximate surface area is 164 Å². The van der Waals surface area contributed by atoms with Gasteiger partial charge in [0.25, 0.3) is 11.8 Å². The minimum atomic E-state index is -0.314. The molecule has 0 fully saturated rings. The monoisotopic (exact) mass is 374 g/mol. The highest BCUT2D eigenvalue weighted by atomic mass is 16.5. The molecule has 0 bridgehead atoms. The second-order valence-corrected chi connectivity index (χ2v) is 6.51. The van der Waals surface area contributed by atoms with Crippen LogP contribution in [0.2, 0.25) is 0 Å². The third-order valence-corrected chi connectivity index (χ3v) is 4.38. The number of nitrogens with one attached hydrogen (secondary N) is 2. The summed E-state index contributed by atoms with van der Waals surface area (Å²) in [6.07, 6.45) is 0. The van der Waals surface area contributed by atoms with E-state index in [-0.39, 0.29) is 11.8 Å². The molecule has 0 radical (unpaired) electrons. The van der Waals surface area contributed by atoms with Crippen LogP contribution < -0.4 is 15.4 Å². The van der Waals surface area contributed by atoms with Crippen LogP contribution in [0.25, 0.3) is 0 Å². The quantitative estimate of drug-likeness (QED) is 0.673. The molecule has 5 nitrogen and oxygen atoms in total. The van der Waals surface area contributed by atoms with Crippen molar-refractivity contribution in [3.63, 3.8) is 0 Å². The van der Waals surface area contributed by atoms with Gasteiger partial charge < -0.3 is 15.4 Å². The molecule has 2 amide bonds. The van der Waals surface area contributed by atoms with Gasteiger partial charge in [0.2, 0.25) is 0 Å². The third kappa shape index (κ3) is 4.38. The second kappa shape index (κ2) is 8.39. The average Bonchev–Trinajstić information content (AvgIpc) is 2.71. The summed E-state index contributed by atoms with van der Waals surface area (Å²) >= 11 is 0. The number of benzene rings is 3. The average molecular weight is 374 g/mol. The summed E-state index contributed by atoms with van der Waals surface area (Å²) in [6, 6.07) is 19.7. The van der Waals surface area contributed by atoms with Crippen molar-refractivity contribution < 1.29 is 14.3 Å². The van der Waals surface area contributed by atoms with Crippen molar-refractivity contribution in [1.82, 2.24) is 0 Å². The normalized spacial score (nSPS) is 10.2. The molecular formula is C23H22N2O3. The molecule has 0 heterocycles. The summed E-state index contributed by atoms with van der Waals surface area (Å²) < 4.78 is 5.25. The van der Waals surface area contributed by atoms with Gasteiger partial charge in [-0.2, -0.15) is 0 Å². The van der Waals surface area contributed by atoms with Crippen LogP contribution in [0.1, 0.15) is 31.8 Å². The molecule has 0 unspecified atom stereocenters. The summed E-state index contributed by atoms with van der Waals surface area (Å²) in [6.45, 7) is 3.91. The molecule has 142 valence electrons. The van der Waals surface area contributed by atoms with E-state index in [4.69, 9.17) is 4.74 Å². The summed E-state index contributed by atoms with van der Waals surface area (Å²) in [5.74, 6) is -0.00815. The van der Waals surface area contributed by atoms with E-state index in [9.17, 15) is 9.59 Å². The molecule has 0 aliphatic heterocycles. The van der Waals surface area contributed by atoms with Crippen LogP contribution in [-0.2, 0) is 0 Å². The van der Waals surface area contributed by atoms with Gasteiger partial charge in [0.05, 0.1) is 12.8 Å². The van der Waals surface area contributed by atoms with Crippen molar-refractivity contribution in [2.24, 2.45) is 0 Å². The Kier molecular flexibility index (Phi) is 5.75. The van der Waals surface area contributed by atoms with Crippen LogP contribution in [-0.4, -0.2) is 18.9 Å². The lowest BCUT2D eigenvalue weighted by Gasteiger charge is -2.11. The van der Waals surface area contributed by atoms with Gasteiger partial charge in [-0.3, -0.25) is 9.59 Å². The fraction of sp³-hybridized carbons (Fsp3) is 0.130. The van der Waals surface area contributed by atoms with Gasteiger partial charge in [0, 0.05) is 16.8 Å². The lowest BCUT2D eigenvalue weighted by atomic mass is 10.1. The number of hydrogen-bond donors (Lipinski definition) is 2. The van der Waals surface area contributed by atoms with Crippen molar-refractivity contribution in [3.8, 4) is 5.75 Å². The number of methoxy groups -OCH3 is 1. The summed E-state index contributed by atoms with van der Waals surface area (Å²) in [5, 5.41) is 5.73. The largest absolute Gasteiger partial charge is 0.495 e. The van der Waals surface area contributed by atoms with Gasteiger partial charge in [-0.05, 0) is 61.4 Å². The van der Waals surface area contributed by atoms with Gasteiger partial charge >= 0.3 is 0 Å². The Bertz CT molecular complexity index is 1030. The summed E-state index contributed by atoms with van der Waals surface area (Å²) in [7, 11) is 1.54. The standard InChI is InChI=1S/C23H22N2O3/c1-15-11-12-16(2)20(13-15)25-23(27)18-8-6-7-17(14-18)22(26)24-19-9-4-5-10-21(19)28-3/h4-14H,1-3H3,(H,24,26)(H,25,27). The highest BCUT2D eigenvalue weighted by Gasteiger charge is 2.13. The molecule has 3 aromatic rings. The molecule has 3 aromatic carbocycles. The Morgan fingerprint density at radius 2 is 1.39 bits per heavy atom. The number of para-hydroxylation sites is 2. The van der Waals surface area contributed by atoms with E-state index in [2.05, 4.69) is 10.6 Å². The van der Waals surface area contributed by atoms with Crippen LogP contribution >= 0.6 is 0 Å². The van der Waals surface area contributed by atoms with Crippen molar-refractivity contribution in [2.45, 2.75) is 13.8 Å². The maximum Gasteiger partial charge on any atom is 0.255 e. The predicted molar refractivity (Wildman–Crippen MR) is 111 cm³/mol. The van der Waals surface area contributed by atoms with E-state index in [0.717, 1.165) is 16.8 Å². The topological polar surface area (TPSA) is 67.4 Å². The number of carbonyl (C=O) groups is 2. The number of ether oxygens (including phenoxy) is 1. The Hall–Kier alpha value is -3.60. The van der Waals surface area contributed by atoms with Crippen LogP contribution in [0, 0.1) is 13.8 Å². The number of aryl methyl sites for hydroxylation is 2. The van der Waals surface area contributed by atoms with E-state index < -0.39 is 0 Å². The van der Waals surface area contributed by atoms with Crippen LogP contribution in [0.5, 0.6) is 5.75 Å². The zero-order valence-corrected chi connectivity index (χ0v) is 16.1. The van der Waals surface area contributed by atoms with Crippen molar-refractivity contribution >= 4 is 23.2 Å². The molecule has 0 saturated heterocycles. The van der Waals surface area contributed by atoms with Crippen LogP contribution in [0.15, 0.2) is 66.7 Å². The van der Waals surface area contributed by atoms with Crippen LogP contribution in [0.4, 0.5) is 11.4 Å². The SMILES string of the molecule is COc1ccccc1NC(=O)c1cccc(C(=O)Nc2cc(C)ccc2C)c1. The lowest BCUT2D eigenvalue weighted by Crippen LogP contribution is -2.16. The molecule has 0 aliphatic carbocycles. The van der Waals surface area contributed by atoms with Gasteiger partial charge in [-0.25, -0.2) is 0 Å². The highest BCUT2D eigenvalue weighted by Crippen LogP contribution is 2.24. The van der Waals surface area contributed by atoms with E-state index in [1.165, 1.54) is 0 Å². The molecule has 28 heavy (non-hydrogen) atoms. The molecule has 0 atom stereocenters. The van der Waals surface area contributed by atoms with Gasteiger partial charge in [0.15, 0.2) is 0 Å². The molecule has 3 rings (SSSR count). The molecule has 0 aromatic heterocycles. The smallest absolute Gasteiger partial charge is 0.255 e. The fourth-order valence-electron chi connectivity index (χ4n) is 2.81. The van der Waals surface area contributed by atoms with Crippen molar-refractivity contribution in [3.05, 3.63) is 89.0 Å². The van der Waals surface area contributed by atoms with E-state index >= 15 is 0 Å². The summed E-state index contributed by atoms with van der Waals surface area (Å²) in [4.78, 5) is 25.3. The summed E-state index contributed by atoms with van der Waals surface area (Å²) in [5.41, 5.74) is 4.16. The number of carbonyl (C=O) groups excluding carboxylic acids is 2. The Morgan fingerprint density at radius 3 is 2.07 bits per heavy atom. The Morgan fingerprint density at radius 1 is 0.750 bits per heavy atom. The number of amides is 2. The van der Waals surface area contributed by atoms with E-state index in [1.807, 2.05) is 44.2 Å². The first-order valence-electron chi connectivity index (χ1n) is 8.91. The zero-order valence-electron chi connectivity index (χ0n) is 16.1. The maximum absolute atomic E-state index is 12.6. The first-order valence-corrected chi connectivity index (χ1v) is 8.91. The minimum Gasteiger partial charge on any atom is -0.495 e. The van der Waals surface area contributed by atoms with Crippen molar-refractivity contribution in [2.75, 3.05) is 17.7 Å². The highest BCUT2D eigenvalue weighted by molar-refractivity contribution is 6.09. The molecule has 2 N–H and O–H groups in total. The fourth-order valence-corrected chi connectivity index (χ4v) is 2.81. The lowest BCUT2D eigenvalue weighted by molar-refractivity contribution is 0.102. The molecule has 0 aliphatic rings. The first-order chi connectivity index (χ1) is 13.5. The number of anilines is 2. The maximum atomic E-state index is 12.6. The first kappa shape index (κ1) is 19.2. The van der Waals surface area contributed by atoms with Gasteiger partial charge in [-0.15, -0.1) is 0 Å².